The molecule has 0 radical (unpaired) electrons. The second-order valence-corrected chi connectivity index (χ2v) is 3.47. The van der Waals surface area contributed by atoms with Crippen LogP contribution in [0, 0.1) is 6.92 Å². The van der Waals surface area contributed by atoms with Crippen molar-refractivity contribution in [3.8, 4) is 5.75 Å². The molecule has 76 valence electrons. The number of halogens is 2. The lowest BCUT2D eigenvalue weighted by atomic mass is 10.1. The number of methoxy groups -OCH3 is 1. The van der Waals surface area contributed by atoms with E-state index in [0.717, 1.165) is 0 Å². The first-order valence-electron chi connectivity index (χ1n) is 3.75. The van der Waals surface area contributed by atoms with E-state index in [1.165, 1.54) is 13.2 Å². The zero-order valence-corrected chi connectivity index (χ0v) is 9.11. The molecule has 3 nitrogen and oxygen atoms in total. The number of hydrogen-bond donors (Lipinski definition) is 1. The first-order chi connectivity index (χ1) is 6.49. The minimum absolute atomic E-state index is 0.0287. The van der Waals surface area contributed by atoms with Gasteiger partial charge in [0.25, 0.3) is 0 Å². The van der Waals surface area contributed by atoms with Crippen molar-refractivity contribution in [1.82, 2.24) is 0 Å². The van der Waals surface area contributed by atoms with Crippen LogP contribution in [0.25, 0.3) is 0 Å². The number of esters is 1. The van der Waals surface area contributed by atoms with Gasteiger partial charge in [0.05, 0.1) is 22.7 Å². The molecule has 0 aliphatic carbocycles. The van der Waals surface area contributed by atoms with Crippen LogP contribution >= 0.6 is 23.2 Å². The van der Waals surface area contributed by atoms with Crippen LogP contribution in [0.5, 0.6) is 5.75 Å². The highest BCUT2D eigenvalue weighted by atomic mass is 35.5. The molecule has 5 heteroatoms. The average molecular weight is 235 g/mol. The standard InChI is InChI=1S/C9H8Cl2O3/c1-4-5(9(13)14-2)3-6(10)8(12)7(4)11/h3,12H,1-2H3. The lowest BCUT2D eigenvalue weighted by Crippen LogP contribution is -2.04. The minimum atomic E-state index is -0.536. The Hall–Kier alpha value is -0.930. The largest absolute Gasteiger partial charge is 0.505 e. The molecule has 0 saturated carbocycles. The summed E-state index contributed by atoms with van der Waals surface area (Å²) in [5.74, 6) is -0.759. The Labute approximate surface area is 91.2 Å². The van der Waals surface area contributed by atoms with E-state index in [1.807, 2.05) is 0 Å². The van der Waals surface area contributed by atoms with Crippen molar-refractivity contribution in [3.63, 3.8) is 0 Å². The lowest BCUT2D eigenvalue weighted by Gasteiger charge is -2.08. The van der Waals surface area contributed by atoms with Crippen LogP contribution in [-0.2, 0) is 4.74 Å². The molecule has 1 aromatic carbocycles. The molecule has 0 amide bonds. The fourth-order valence-corrected chi connectivity index (χ4v) is 1.48. The quantitative estimate of drug-likeness (QED) is 0.761. The Morgan fingerprint density at radius 1 is 1.50 bits per heavy atom. The van der Waals surface area contributed by atoms with E-state index >= 15 is 0 Å². The van der Waals surface area contributed by atoms with Crippen LogP contribution < -0.4 is 0 Å². The lowest BCUT2D eigenvalue weighted by molar-refractivity contribution is 0.0600. The van der Waals surface area contributed by atoms with Crippen molar-refractivity contribution in [3.05, 3.63) is 27.2 Å². The van der Waals surface area contributed by atoms with E-state index in [1.54, 1.807) is 6.92 Å². The first-order valence-corrected chi connectivity index (χ1v) is 4.50. The molecule has 0 unspecified atom stereocenters. The van der Waals surface area contributed by atoms with Gasteiger partial charge in [0.2, 0.25) is 0 Å². The number of ether oxygens (including phenoxy) is 1. The third-order valence-corrected chi connectivity index (χ3v) is 2.59. The Morgan fingerprint density at radius 2 is 2.07 bits per heavy atom. The van der Waals surface area contributed by atoms with Gasteiger partial charge in [-0.1, -0.05) is 23.2 Å². The number of carbonyl (C=O) groups excluding carboxylic acids is 1. The maximum Gasteiger partial charge on any atom is 0.338 e. The summed E-state index contributed by atoms with van der Waals surface area (Å²) >= 11 is 11.4. The third-order valence-electron chi connectivity index (χ3n) is 1.84. The second kappa shape index (κ2) is 4.07. The number of phenols is 1. The predicted molar refractivity (Wildman–Crippen MR) is 54.2 cm³/mol. The van der Waals surface area contributed by atoms with E-state index < -0.39 is 5.97 Å². The van der Waals surface area contributed by atoms with Crippen LogP contribution in [0.1, 0.15) is 15.9 Å². The molecule has 1 rings (SSSR count). The molecule has 0 atom stereocenters. The van der Waals surface area contributed by atoms with Crippen molar-refractivity contribution in [2.45, 2.75) is 6.92 Å². The summed E-state index contributed by atoms with van der Waals surface area (Å²) < 4.78 is 4.53. The van der Waals surface area contributed by atoms with E-state index in [4.69, 9.17) is 23.2 Å². The van der Waals surface area contributed by atoms with E-state index in [9.17, 15) is 9.90 Å². The summed E-state index contributed by atoms with van der Waals surface area (Å²) in [6.45, 7) is 1.60. The van der Waals surface area contributed by atoms with Crippen molar-refractivity contribution >= 4 is 29.2 Å². The van der Waals surface area contributed by atoms with Gasteiger partial charge < -0.3 is 9.84 Å². The van der Waals surface area contributed by atoms with Gasteiger partial charge in [-0.2, -0.15) is 0 Å². The van der Waals surface area contributed by atoms with Gasteiger partial charge in [-0.15, -0.1) is 0 Å². The molecule has 0 fully saturated rings. The Bertz CT molecular complexity index is 388. The predicted octanol–water partition coefficient (Wildman–Crippen LogP) is 2.79. The van der Waals surface area contributed by atoms with Gasteiger partial charge in [-0.25, -0.2) is 4.79 Å². The molecule has 0 heterocycles. The molecule has 0 spiro atoms. The SMILES string of the molecule is COC(=O)c1cc(Cl)c(O)c(Cl)c1C. The molecular formula is C9H8Cl2O3. The Morgan fingerprint density at radius 3 is 2.57 bits per heavy atom. The summed E-state index contributed by atoms with van der Waals surface area (Å²) in [4.78, 5) is 11.2. The summed E-state index contributed by atoms with van der Waals surface area (Å²) in [5.41, 5.74) is 0.695. The van der Waals surface area contributed by atoms with Gasteiger partial charge in [-0.3, -0.25) is 0 Å². The van der Waals surface area contributed by atoms with Crippen molar-refractivity contribution in [1.29, 1.82) is 0 Å². The minimum Gasteiger partial charge on any atom is -0.505 e. The second-order valence-electron chi connectivity index (χ2n) is 2.69. The molecule has 0 aliphatic rings. The fourth-order valence-electron chi connectivity index (χ4n) is 1.03. The van der Waals surface area contributed by atoms with Crippen molar-refractivity contribution in [2.75, 3.05) is 7.11 Å². The van der Waals surface area contributed by atoms with Gasteiger partial charge in [0.1, 0.15) is 0 Å². The van der Waals surface area contributed by atoms with Gasteiger partial charge in [-0.05, 0) is 18.6 Å². The first kappa shape index (κ1) is 11.1. The summed E-state index contributed by atoms with van der Waals surface area (Å²) in [6, 6.07) is 1.32. The van der Waals surface area contributed by atoms with E-state index in [2.05, 4.69) is 4.74 Å². The van der Waals surface area contributed by atoms with Crippen molar-refractivity contribution in [2.24, 2.45) is 0 Å². The fraction of sp³-hybridized carbons (Fsp3) is 0.222. The Balaban J connectivity index is 3.40. The summed E-state index contributed by atoms with van der Waals surface area (Å²) in [6.07, 6.45) is 0. The van der Waals surface area contributed by atoms with Gasteiger partial charge >= 0.3 is 5.97 Å². The molecule has 0 bridgehead atoms. The zero-order valence-electron chi connectivity index (χ0n) is 7.60. The monoisotopic (exact) mass is 234 g/mol. The van der Waals surface area contributed by atoms with Gasteiger partial charge in [0.15, 0.2) is 5.75 Å². The number of phenolic OH excluding ortho intramolecular Hbond substituents is 1. The van der Waals surface area contributed by atoms with Gasteiger partial charge in [0, 0.05) is 0 Å². The molecule has 14 heavy (non-hydrogen) atoms. The van der Waals surface area contributed by atoms with Crippen LogP contribution in [0.4, 0.5) is 0 Å². The average Bonchev–Trinajstić information content (AvgIpc) is 2.19. The highest BCUT2D eigenvalue weighted by Gasteiger charge is 2.17. The smallest absolute Gasteiger partial charge is 0.338 e. The zero-order chi connectivity index (χ0) is 10.9. The van der Waals surface area contributed by atoms with E-state index in [-0.39, 0.29) is 21.4 Å². The summed E-state index contributed by atoms with van der Waals surface area (Å²) in [5, 5.41) is 9.45. The number of aromatic hydroxyl groups is 1. The van der Waals surface area contributed by atoms with Crippen LogP contribution in [0.2, 0.25) is 10.0 Å². The highest BCUT2D eigenvalue weighted by Crippen LogP contribution is 2.36. The topological polar surface area (TPSA) is 46.5 Å². The molecule has 0 saturated heterocycles. The van der Waals surface area contributed by atoms with Crippen LogP contribution in [0.15, 0.2) is 6.07 Å². The third kappa shape index (κ3) is 1.79. The maximum absolute atomic E-state index is 11.2. The Kier molecular flexibility index (Phi) is 3.24. The molecular weight excluding hydrogens is 227 g/mol. The van der Waals surface area contributed by atoms with Crippen LogP contribution in [0.3, 0.4) is 0 Å². The number of carbonyl (C=O) groups is 1. The summed E-state index contributed by atoms with van der Waals surface area (Å²) in [7, 11) is 1.26. The normalized spacial score (nSPS) is 10.0. The van der Waals surface area contributed by atoms with Crippen molar-refractivity contribution < 1.29 is 14.6 Å². The number of benzene rings is 1. The maximum atomic E-state index is 11.2. The van der Waals surface area contributed by atoms with Crippen LogP contribution in [-0.4, -0.2) is 18.2 Å². The molecule has 0 aliphatic heterocycles. The number of hydrogen-bond acceptors (Lipinski definition) is 3. The molecule has 0 aromatic heterocycles. The molecule has 1 aromatic rings. The molecule has 1 N–H and O–H groups in total. The van der Waals surface area contributed by atoms with E-state index in [0.29, 0.717) is 5.56 Å². The highest BCUT2D eigenvalue weighted by molar-refractivity contribution is 6.38. The number of rotatable bonds is 1.